The van der Waals surface area contributed by atoms with Crippen molar-refractivity contribution in [1.29, 1.82) is 5.26 Å². The normalized spacial score (nSPS) is 11.6. The van der Waals surface area contributed by atoms with Gasteiger partial charge in [0.15, 0.2) is 0 Å². The van der Waals surface area contributed by atoms with Gasteiger partial charge < -0.3 is 5.32 Å². The molecule has 1 atom stereocenters. The van der Waals surface area contributed by atoms with Crippen LogP contribution in [0.2, 0.25) is 5.02 Å². The van der Waals surface area contributed by atoms with Gasteiger partial charge in [-0.05, 0) is 30.2 Å². The zero-order valence-electron chi connectivity index (χ0n) is 10.7. The van der Waals surface area contributed by atoms with Crippen LogP contribution < -0.4 is 5.32 Å². The Balaban J connectivity index is 2.27. The van der Waals surface area contributed by atoms with E-state index in [1.165, 1.54) is 0 Å². The lowest BCUT2D eigenvalue weighted by atomic mass is 10.0. The van der Waals surface area contributed by atoms with Gasteiger partial charge in [-0.1, -0.05) is 48.0 Å². The van der Waals surface area contributed by atoms with Crippen LogP contribution in [0.3, 0.4) is 0 Å². The third kappa shape index (κ3) is 3.27. The van der Waals surface area contributed by atoms with Gasteiger partial charge in [-0.3, -0.25) is 0 Å². The molecule has 0 aliphatic rings. The number of halogens is 1. The molecule has 1 unspecified atom stereocenters. The molecule has 2 aromatic rings. The molecule has 0 saturated heterocycles. The van der Waals surface area contributed by atoms with Gasteiger partial charge in [0.2, 0.25) is 0 Å². The van der Waals surface area contributed by atoms with E-state index in [1.54, 1.807) is 0 Å². The number of nitriles is 1. The Kier molecular flexibility index (Phi) is 4.43. The van der Waals surface area contributed by atoms with Crippen LogP contribution in [-0.4, -0.2) is 0 Å². The molecule has 0 fully saturated rings. The summed E-state index contributed by atoms with van der Waals surface area (Å²) >= 11 is 6.12. The van der Waals surface area contributed by atoms with E-state index in [2.05, 4.69) is 11.4 Å². The third-order valence-electron chi connectivity index (χ3n) is 3.09. The van der Waals surface area contributed by atoms with Crippen molar-refractivity contribution < 1.29 is 0 Å². The average Bonchev–Trinajstić information content (AvgIpc) is 2.44. The topological polar surface area (TPSA) is 35.8 Å². The summed E-state index contributed by atoms with van der Waals surface area (Å²) in [6, 6.07) is 17.9. The van der Waals surface area contributed by atoms with Crippen molar-refractivity contribution in [2.75, 3.05) is 5.32 Å². The molecule has 3 heteroatoms. The number of anilines is 1. The molecule has 0 heterocycles. The molecule has 0 aromatic heterocycles. The van der Waals surface area contributed by atoms with E-state index in [0.29, 0.717) is 6.42 Å². The highest BCUT2D eigenvalue weighted by Crippen LogP contribution is 2.28. The summed E-state index contributed by atoms with van der Waals surface area (Å²) in [6.45, 7) is 1.97. The molecule has 0 radical (unpaired) electrons. The summed E-state index contributed by atoms with van der Waals surface area (Å²) in [7, 11) is 0. The molecule has 2 rings (SSSR count). The minimum Gasteiger partial charge on any atom is -0.377 e. The van der Waals surface area contributed by atoms with Crippen LogP contribution in [0.25, 0.3) is 0 Å². The fourth-order valence-corrected chi connectivity index (χ4v) is 2.15. The monoisotopic (exact) mass is 270 g/mol. The molecule has 0 bridgehead atoms. The lowest BCUT2D eigenvalue weighted by Crippen LogP contribution is -2.11. The number of rotatable bonds is 4. The predicted octanol–water partition coefficient (Wildman–Crippen LogP) is 4.72. The third-order valence-corrected chi connectivity index (χ3v) is 3.50. The first-order valence-corrected chi connectivity index (χ1v) is 6.53. The van der Waals surface area contributed by atoms with Crippen molar-refractivity contribution in [3.8, 4) is 6.07 Å². The molecule has 0 amide bonds. The minimum absolute atomic E-state index is 0.0247. The Morgan fingerprint density at radius 3 is 2.58 bits per heavy atom. The maximum atomic E-state index is 8.98. The van der Waals surface area contributed by atoms with Crippen molar-refractivity contribution in [2.45, 2.75) is 19.4 Å². The Hall–Kier alpha value is -1.98. The molecular formula is C16H15ClN2. The van der Waals surface area contributed by atoms with Crippen LogP contribution in [0, 0.1) is 18.3 Å². The molecule has 0 aliphatic carbocycles. The van der Waals surface area contributed by atoms with Gasteiger partial charge in [0, 0.05) is 10.7 Å². The zero-order valence-corrected chi connectivity index (χ0v) is 11.5. The van der Waals surface area contributed by atoms with Crippen LogP contribution in [0.4, 0.5) is 5.69 Å². The average molecular weight is 271 g/mol. The molecule has 1 N–H and O–H groups in total. The summed E-state index contributed by atoms with van der Waals surface area (Å²) in [4.78, 5) is 0. The van der Waals surface area contributed by atoms with Crippen molar-refractivity contribution in [3.05, 3.63) is 64.7 Å². The van der Waals surface area contributed by atoms with E-state index >= 15 is 0 Å². The largest absolute Gasteiger partial charge is 0.377 e. The van der Waals surface area contributed by atoms with Gasteiger partial charge in [0.25, 0.3) is 0 Å². The van der Waals surface area contributed by atoms with Crippen LogP contribution in [-0.2, 0) is 0 Å². The summed E-state index contributed by atoms with van der Waals surface area (Å²) in [6.07, 6.45) is 0.413. The van der Waals surface area contributed by atoms with Crippen LogP contribution in [0.5, 0.6) is 0 Å². The highest BCUT2D eigenvalue weighted by atomic mass is 35.5. The van der Waals surface area contributed by atoms with E-state index in [1.807, 2.05) is 55.5 Å². The summed E-state index contributed by atoms with van der Waals surface area (Å²) in [5.74, 6) is 0. The highest BCUT2D eigenvalue weighted by Gasteiger charge is 2.12. The Labute approximate surface area is 118 Å². The van der Waals surface area contributed by atoms with Crippen molar-refractivity contribution in [3.63, 3.8) is 0 Å². The first-order valence-electron chi connectivity index (χ1n) is 6.16. The number of nitrogens with zero attached hydrogens (tertiary/aromatic N) is 1. The second kappa shape index (κ2) is 6.26. The lowest BCUT2D eigenvalue weighted by molar-refractivity contribution is 0.805. The second-order valence-corrected chi connectivity index (χ2v) is 4.79. The first-order chi connectivity index (χ1) is 9.22. The van der Waals surface area contributed by atoms with E-state index in [9.17, 15) is 0 Å². The standard InChI is InChI=1S/C16H15ClN2/c1-12-14(17)8-5-9-15(12)19-16(10-11-18)13-6-3-2-4-7-13/h2-9,16,19H,10H2,1H3. The fourth-order valence-electron chi connectivity index (χ4n) is 1.98. The van der Waals surface area contributed by atoms with Gasteiger partial charge in [0.05, 0.1) is 18.5 Å². The van der Waals surface area contributed by atoms with Gasteiger partial charge in [0.1, 0.15) is 0 Å². The molecular weight excluding hydrogens is 256 g/mol. The lowest BCUT2D eigenvalue weighted by Gasteiger charge is -2.19. The van der Waals surface area contributed by atoms with E-state index < -0.39 is 0 Å². The van der Waals surface area contributed by atoms with Crippen molar-refractivity contribution in [1.82, 2.24) is 0 Å². The van der Waals surface area contributed by atoms with E-state index in [-0.39, 0.29) is 6.04 Å². The molecule has 2 nitrogen and oxygen atoms in total. The Morgan fingerprint density at radius 1 is 1.16 bits per heavy atom. The van der Waals surface area contributed by atoms with Crippen LogP contribution in [0.1, 0.15) is 23.6 Å². The van der Waals surface area contributed by atoms with Crippen LogP contribution in [0.15, 0.2) is 48.5 Å². The van der Waals surface area contributed by atoms with Gasteiger partial charge in [-0.25, -0.2) is 0 Å². The highest BCUT2D eigenvalue weighted by molar-refractivity contribution is 6.31. The van der Waals surface area contributed by atoms with E-state index in [0.717, 1.165) is 21.8 Å². The maximum Gasteiger partial charge on any atom is 0.0647 e. The summed E-state index contributed by atoms with van der Waals surface area (Å²) in [5.41, 5.74) is 3.07. The van der Waals surface area contributed by atoms with Gasteiger partial charge >= 0.3 is 0 Å². The van der Waals surface area contributed by atoms with Crippen molar-refractivity contribution in [2.24, 2.45) is 0 Å². The summed E-state index contributed by atoms with van der Waals surface area (Å²) < 4.78 is 0. The number of benzene rings is 2. The van der Waals surface area contributed by atoms with Crippen LogP contribution >= 0.6 is 11.6 Å². The number of hydrogen-bond donors (Lipinski definition) is 1. The molecule has 2 aromatic carbocycles. The number of nitrogens with one attached hydrogen (secondary N) is 1. The van der Waals surface area contributed by atoms with Crippen molar-refractivity contribution >= 4 is 17.3 Å². The quantitative estimate of drug-likeness (QED) is 0.873. The maximum absolute atomic E-state index is 8.98. The molecule has 96 valence electrons. The molecule has 0 aliphatic heterocycles. The minimum atomic E-state index is -0.0247. The smallest absolute Gasteiger partial charge is 0.0647 e. The Bertz CT molecular complexity index is 587. The molecule has 0 spiro atoms. The van der Waals surface area contributed by atoms with Gasteiger partial charge in [-0.2, -0.15) is 5.26 Å². The number of hydrogen-bond acceptors (Lipinski definition) is 2. The molecule has 19 heavy (non-hydrogen) atoms. The Morgan fingerprint density at radius 2 is 1.89 bits per heavy atom. The second-order valence-electron chi connectivity index (χ2n) is 4.38. The zero-order chi connectivity index (χ0) is 13.7. The summed E-state index contributed by atoms with van der Waals surface area (Å²) in [5, 5.41) is 13.1. The fraction of sp³-hybridized carbons (Fsp3) is 0.188. The van der Waals surface area contributed by atoms with E-state index in [4.69, 9.17) is 16.9 Å². The predicted molar refractivity (Wildman–Crippen MR) is 79.2 cm³/mol. The SMILES string of the molecule is Cc1c(Cl)cccc1NC(CC#N)c1ccccc1. The first kappa shape index (κ1) is 13.5. The van der Waals surface area contributed by atoms with Gasteiger partial charge in [-0.15, -0.1) is 0 Å². The molecule has 0 saturated carbocycles.